The first-order valence-corrected chi connectivity index (χ1v) is 9.15. The lowest BCUT2D eigenvalue weighted by molar-refractivity contribution is 0.0937. The van der Waals surface area contributed by atoms with E-state index >= 15 is 0 Å². The van der Waals surface area contributed by atoms with E-state index in [-0.39, 0.29) is 18.7 Å². The predicted octanol–water partition coefficient (Wildman–Crippen LogP) is 1.54. The summed E-state index contributed by atoms with van der Waals surface area (Å²) < 4.78 is 40.4. The van der Waals surface area contributed by atoms with Gasteiger partial charge in [-0.1, -0.05) is 18.6 Å². The largest absolute Gasteiger partial charge is 0.486 e. The second-order valence-corrected chi connectivity index (χ2v) is 7.51. The smallest absolute Gasteiger partial charge is 0.279 e. The van der Waals surface area contributed by atoms with Crippen molar-refractivity contribution in [3.8, 4) is 11.5 Å². The van der Waals surface area contributed by atoms with Gasteiger partial charge in [0.15, 0.2) is 11.5 Å². The topological polar surface area (TPSA) is 67.9 Å². The molecule has 0 radical (unpaired) electrons. The number of piperidine rings is 1. The van der Waals surface area contributed by atoms with Gasteiger partial charge in [0.1, 0.15) is 12.7 Å². The van der Waals surface area contributed by atoms with Crippen LogP contribution >= 0.6 is 0 Å². The summed E-state index contributed by atoms with van der Waals surface area (Å²) in [6.45, 7) is 3.09. The highest BCUT2D eigenvalue weighted by Crippen LogP contribution is 2.30. The van der Waals surface area contributed by atoms with Crippen molar-refractivity contribution in [1.29, 1.82) is 0 Å². The molecule has 122 valence electrons. The first-order chi connectivity index (χ1) is 10.6. The highest BCUT2D eigenvalue weighted by Gasteiger charge is 2.30. The molecule has 2 atom stereocenters. The lowest BCUT2D eigenvalue weighted by atomic mass is 10.1. The zero-order chi connectivity index (χ0) is 15.6. The second-order valence-electron chi connectivity index (χ2n) is 5.81. The molecule has 0 spiro atoms. The van der Waals surface area contributed by atoms with Crippen molar-refractivity contribution >= 4 is 10.2 Å². The molecule has 3 rings (SSSR count). The van der Waals surface area contributed by atoms with Gasteiger partial charge in [-0.05, 0) is 31.9 Å². The van der Waals surface area contributed by atoms with Crippen LogP contribution in [0.1, 0.15) is 26.2 Å². The molecular weight excluding hydrogens is 304 g/mol. The van der Waals surface area contributed by atoms with Crippen LogP contribution in [0.25, 0.3) is 0 Å². The lowest BCUT2D eigenvalue weighted by Crippen LogP contribution is -2.50. The van der Waals surface area contributed by atoms with E-state index in [1.54, 1.807) is 4.31 Å². The summed E-state index contributed by atoms with van der Waals surface area (Å²) in [5.74, 6) is 1.36. The molecule has 1 aromatic rings. The van der Waals surface area contributed by atoms with E-state index in [1.807, 2.05) is 31.2 Å². The first kappa shape index (κ1) is 15.6. The molecule has 0 saturated carbocycles. The first-order valence-electron chi connectivity index (χ1n) is 7.71. The predicted molar refractivity (Wildman–Crippen MR) is 83.3 cm³/mol. The van der Waals surface area contributed by atoms with Gasteiger partial charge in [-0.25, -0.2) is 0 Å². The molecule has 1 saturated heterocycles. The van der Waals surface area contributed by atoms with Crippen LogP contribution in [-0.2, 0) is 10.2 Å². The van der Waals surface area contributed by atoms with Gasteiger partial charge >= 0.3 is 0 Å². The van der Waals surface area contributed by atoms with Gasteiger partial charge in [-0.15, -0.1) is 0 Å². The summed E-state index contributed by atoms with van der Waals surface area (Å²) in [4.78, 5) is 0. The van der Waals surface area contributed by atoms with E-state index in [0.717, 1.165) is 19.3 Å². The van der Waals surface area contributed by atoms with Gasteiger partial charge in [0.25, 0.3) is 10.2 Å². The average Bonchev–Trinajstić information content (AvgIpc) is 2.53. The number of ether oxygens (including phenoxy) is 2. The Morgan fingerprint density at radius 3 is 2.82 bits per heavy atom. The van der Waals surface area contributed by atoms with Crippen molar-refractivity contribution in [2.45, 2.75) is 38.3 Å². The fourth-order valence-electron chi connectivity index (χ4n) is 2.87. The standard InChI is InChI=1S/C15H22N2O4S/c1-12-6-4-5-9-17(12)22(18,19)16-10-13-11-20-14-7-2-3-8-15(14)21-13/h2-3,7-8,12-13,16H,4-6,9-11H2,1H3/t12-,13-/m0/s1. The molecule has 1 fully saturated rings. The molecule has 1 N–H and O–H groups in total. The van der Waals surface area contributed by atoms with E-state index in [4.69, 9.17) is 9.47 Å². The third-order valence-corrected chi connectivity index (χ3v) is 5.80. The second kappa shape index (κ2) is 6.44. The Balaban J connectivity index is 1.58. The maximum Gasteiger partial charge on any atom is 0.279 e. The van der Waals surface area contributed by atoms with Crippen molar-refractivity contribution in [1.82, 2.24) is 9.03 Å². The summed E-state index contributed by atoms with van der Waals surface area (Å²) in [5.41, 5.74) is 0. The Labute approximate surface area is 131 Å². The molecule has 7 heteroatoms. The molecule has 0 bridgehead atoms. The Bertz CT molecular complexity index is 620. The quantitative estimate of drug-likeness (QED) is 0.911. The van der Waals surface area contributed by atoms with Crippen LogP contribution in [0.2, 0.25) is 0 Å². The third-order valence-electron chi connectivity index (χ3n) is 4.11. The highest BCUT2D eigenvalue weighted by atomic mass is 32.2. The minimum Gasteiger partial charge on any atom is -0.486 e. The SMILES string of the molecule is C[C@H]1CCCCN1S(=O)(=O)NC[C@H]1COc2ccccc2O1. The summed E-state index contributed by atoms with van der Waals surface area (Å²) >= 11 is 0. The van der Waals surface area contributed by atoms with Crippen LogP contribution in [0.5, 0.6) is 11.5 Å². The fourth-order valence-corrected chi connectivity index (χ4v) is 4.38. The molecule has 0 amide bonds. The molecule has 0 unspecified atom stereocenters. The van der Waals surface area contributed by atoms with Gasteiger partial charge in [0, 0.05) is 12.6 Å². The van der Waals surface area contributed by atoms with Gasteiger partial charge in [0.05, 0.1) is 6.54 Å². The van der Waals surface area contributed by atoms with Crippen LogP contribution in [0.3, 0.4) is 0 Å². The van der Waals surface area contributed by atoms with Crippen LogP contribution in [-0.4, -0.2) is 44.6 Å². The molecule has 2 heterocycles. The molecular formula is C15H22N2O4S. The Morgan fingerprint density at radius 2 is 2.05 bits per heavy atom. The summed E-state index contributed by atoms with van der Waals surface area (Å²) in [6.07, 6.45) is 2.60. The Morgan fingerprint density at radius 1 is 1.27 bits per heavy atom. The number of benzene rings is 1. The Hall–Kier alpha value is -1.31. The third kappa shape index (κ3) is 3.37. The maximum absolute atomic E-state index is 12.4. The molecule has 0 aromatic heterocycles. The van der Waals surface area contributed by atoms with E-state index in [9.17, 15) is 8.42 Å². The summed E-state index contributed by atoms with van der Waals surface area (Å²) in [7, 11) is -3.46. The molecule has 22 heavy (non-hydrogen) atoms. The van der Waals surface area contributed by atoms with Crippen molar-refractivity contribution in [2.24, 2.45) is 0 Å². The fraction of sp³-hybridized carbons (Fsp3) is 0.600. The van der Waals surface area contributed by atoms with Gasteiger partial charge < -0.3 is 9.47 Å². The molecule has 2 aliphatic rings. The number of nitrogens with zero attached hydrogens (tertiary/aromatic N) is 1. The van der Waals surface area contributed by atoms with E-state index < -0.39 is 10.2 Å². The average molecular weight is 326 g/mol. The van der Waals surface area contributed by atoms with Crippen LogP contribution in [0, 0.1) is 0 Å². The monoisotopic (exact) mass is 326 g/mol. The number of hydrogen-bond donors (Lipinski definition) is 1. The highest BCUT2D eigenvalue weighted by molar-refractivity contribution is 7.87. The van der Waals surface area contributed by atoms with Crippen molar-refractivity contribution < 1.29 is 17.9 Å². The van der Waals surface area contributed by atoms with Gasteiger partial charge in [-0.3, -0.25) is 0 Å². The van der Waals surface area contributed by atoms with Gasteiger partial charge in [-0.2, -0.15) is 17.4 Å². The minimum atomic E-state index is -3.46. The van der Waals surface area contributed by atoms with E-state index in [1.165, 1.54) is 0 Å². The minimum absolute atomic E-state index is 0.0514. The van der Waals surface area contributed by atoms with Crippen LogP contribution < -0.4 is 14.2 Å². The van der Waals surface area contributed by atoms with Crippen molar-refractivity contribution in [3.05, 3.63) is 24.3 Å². The number of para-hydroxylation sites is 2. The zero-order valence-electron chi connectivity index (χ0n) is 12.7. The summed E-state index contributed by atoms with van der Waals surface area (Å²) in [6, 6.07) is 7.46. The Kier molecular flexibility index (Phi) is 4.56. The van der Waals surface area contributed by atoms with E-state index in [2.05, 4.69) is 4.72 Å². The molecule has 0 aliphatic carbocycles. The molecule has 6 nitrogen and oxygen atoms in total. The number of hydrogen-bond acceptors (Lipinski definition) is 4. The zero-order valence-corrected chi connectivity index (χ0v) is 13.5. The summed E-state index contributed by atoms with van der Waals surface area (Å²) in [5, 5.41) is 0. The maximum atomic E-state index is 12.4. The molecule has 2 aliphatic heterocycles. The lowest BCUT2D eigenvalue weighted by Gasteiger charge is -2.33. The van der Waals surface area contributed by atoms with E-state index in [0.29, 0.717) is 24.7 Å². The number of rotatable bonds is 4. The molecule has 1 aromatic carbocycles. The number of fused-ring (bicyclic) bond motifs is 1. The normalized spacial score (nSPS) is 25.9. The number of nitrogens with one attached hydrogen (secondary N) is 1. The van der Waals surface area contributed by atoms with Crippen LogP contribution in [0.15, 0.2) is 24.3 Å². The van der Waals surface area contributed by atoms with Crippen molar-refractivity contribution in [2.75, 3.05) is 19.7 Å². The van der Waals surface area contributed by atoms with Crippen LogP contribution in [0.4, 0.5) is 0 Å². The van der Waals surface area contributed by atoms with Crippen molar-refractivity contribution in [3.63, 3.8) is 0 Å². The van der Waals surface area contributed by atoms with Gasteiger partial charge in [0.2, 0.25) is 0 Å².